The van der Waals surface area contributed by atoms with Crippen molar-refractivity contribution in [2.45, 2.75) is 45.9 Å². The van der Waals surface area contributed by atoms with Gasteiger partial charge in [0.1, 0.15) is 0 Å². The maximum absolute atomic E-state index is 6.15. The quantitative estimate of drug-likeness (QED) is 0.490. The van der Waals surface area contributed by atoms with E-state index in [0.29, 0.717) is 19.3 Å². The molecule has 0 radical (unpaired) electrons. The first-order chi connectivity index (χ1) is 9.64. The Hall–Kier alpha value is -0.466. The van der Waals surface area contributed by atoms with E-state index in [4.69, 9.17) is 13.3 Å². The van der Waals surface area contributed by atoms with Crippen molar-refractivity contribution in [1.29, 1.82) is 0 Å². The molecule has 0 N–H and O–H groups in total. The molecular weight excluding hydrogens is 284 g/mol. The minimum atomic E-state index is -2.29. The minimum absolute atomic E-state index is 0.341. The van der Waals surface area contributed by atoms with Crippen LogP contribution in [0.2, 0.25) is 12.1 Å². The fourth-order valence-corrected chi connectivity index (χ4v) is 7.98. The Morgan fingerprint density at radius 1 is 1.05 bits per heavy atom. The molecule has 1 rings (SSSR count). The van der Waals surface area contributed by atoms with Crippen molar-refractivity contribution in [2.75, 3.05) is 13.2 Å². The van der Waals surface area contributed by atoms with Gasteiger partial charge >= 0.3 is 8.56 Å². The van der Waals surface area contributed by atoms with E-state index in [1.54, 1.807) is 0 Å². The van der Waals surface area contributed by atoms with Gasteiger partial charge in [0.05, 0.1) is 0 Å². The Kier molecular flexibility index (Phi) is 8.32. The van der Waals surface area contributed by atoms with Crippen LogP contribution in [0.1, 0.15) is 27.7 Å². The number of hydrogen-bond donors (Lipinski definition) is 0. The average molecular weight is 313 g/mol. The van der Waals surface area contributed by atoms with E-state index in [-0.39, 0.29) is 0 Å². The summed E-state index contributed by atoms with van der Waals surface area (Å²) in [6.45, 7) is 9.69. The van der Waals surface area contributed by atoms with Crippen LogP contribution in [0.4, 0.5) is 0 Å². The lowest BCUT2D eigenvalue weighted by Gasteiger charge is -2.30. The van der Waals surface area contributed by atoms with Crippen molar-refractivity contribution in [3.63, 3.8) is 0 Å². The van der Waals surface area contributed by atoms with Gasteiger partial charge < -0.3 is 13.3 Å². The van der Waals surface area contributed by atoms with Crippen LogP contribution in [-0.4, -0.2) is 37.6 Å². The van der Waals surface area contributed by atoms with Gasteiger partial charge in [-0.25, -0.2) is 0 Å². The second-order valence-electron chi connectivity index (χ2n) is 5.01. The Morgan fingerprint density at radius 2 is 1.65 bits per heavy atom. The highest BCUT2D eigenvalue weighted by Gasteiger charge is 2.38. The topological polar surface area (TPSA) is 27.7 Å². The van der Waals surface area contributed by atoms with Crippen LogP contribution in [-0.2, 0) is 13.3 Å². The van der Waals surface area contributed by atoms with Crippen molar-refractivity contribution in [3.8, 4) is 0 Å². The van der Waals surface area contributed by atoms with Gasteiger partial charge in [-0.1, -0.05) is 30.3 Å². The molecule has 1 aromatic carbocycles. The summed E-state index contributed by atoms with van der Waals surface area (Å²) in [6.07, 6.45) is 0.341. The molecule has 0 aliphatic carbocycles. The molecular formula is C15H28O3Si2. The van der Waals surface area contributed by atoms with Crippen LogP contribution in [0.15, 0.2) is 30.3 Å². The van der Waals surface area contributed by atoms with E-state index >= 15 is 0 Å². The number of rotatable bonds is 10. The Balaban J connectivity index is 2.77. The van der Waals surface area contributed by atoms with Crippen molar-refractivity contribution in [1.82, 2.24) is 0 Å². The highest BCUT2D eigenvalue weighted by Crippen LogP contribution is 2.17. The van der Waals surface area contributed by atoms with E-state index in [2.05, 4.69) is 38.1 Å². The summed E-state index contributed by atoms with van der Waals surface area (Å²) in [5.74, 6) is 0. The summed E-state index contributed by atoms with van der Waals surface area (Å²) >= 11 is 0. The maximum Gasteiger partial charge on any atom is 0.372 e. The molecule has 0 bridgehead atoms. The highest BCUT2D eigenvalue weighted by molar-refractivity contribution is 6.81. The third-order valence-electron chi connectivity index (χ3n) is 3.07. The zero-order valence-electron chi connectivity index (χ0n) is 13.2. The lowest BCUT2D eigenvalue weighted by Crippen LogP contribution is -2.54. The molecule has 0 aliphatic heterocycles. The monoisotopic (exact) mass is 312 g/mol. The first kappa shape index (κ1) is 17.6. The summed E-state index contributed by atoms with van der Waals surface area (Å²) in [5, 5.41) is 1.24. The average Bonchev–Trinajstić information content (AvgIpc) is 2.44. The first-order valence-electron chi connectivity index (χ1n) is 7.59. The summed E-state index contributed by atoms with van der Waals surface area (Å²) in [7, 11) is -2.77. The van der Waals surface area contributed by atoms with Gasteiger partial charge in [-0.3, -0.25) is 0 Å². The highest BCUT2D eigenvalue weighted by atomic mass is 28.4. The zero-order chi connectivity index (χ0) is 14.8. The van der Waals surface area contributed by atoms with Gasteiger partial charge in [-0.05, 0) is 45.0 Å². The molecule has 0 spiro atoms. The van der Waals surface area contributed by atoms with E-state index < -0.39 is 18.3 Å². The maximum atomic E-state index is 6.15. The predicted octanol–water partition coefficient (Wildman–Crippen LogP) is 2.34. The second-order valence-corrected chi connectivity index (χ2v) is 9.62. The normalized spacial score (nSPS) is 12.7. The zero-order valence-corrected chi connectivity index (χ0v) is 15.6. The molecule has 0 aliphatic rings. The standard InChI is InChI=1S/C15H28O3Si2/c1-5-16-20(17-6-2,13-12-19-18-14(3)4)15-10-8-7-9-11-15/h7-11,14H,5-6,12-13,19H2,1-4H3. The van der Waals surface area contributed by atoms with Gasteiger partial charge in [-0.15, -0.1) is 0 Å². The van der Waals surface area contributed by atoms with Crippen LogP contribution in [0.5, 0.6) is 0 Å². The molecule has 0 atom stereocenters. The van der Waals surface area contributed by atoms with Gasteiger partial charge in [0, 0.05) is 19.3 Å². The van der Waals surface area contributed by atoms with Crippen LogP contribution in [0.25, 0.3) is 0 Å². The van der Waals surface area contributed by atoms with Gasteiger partial charge in [-0.2, -0.15) is 0 Å². The molecule has 114 valence electrons. The van der Waals surface area contributed by atoms with Gasteiger partial charge in [0.25, 0.3) is 0 Å². The van der Waals surface area contributed by atoms with Gasteiger partial charge in [0.15, 0.2) is 9.76 Å². The Morgan fingerprint density at radius 3 is 2.15 bits per heavy atom. The predicted molar refractivity (Wildman–Crippen MR) is 89.5 cm³/mol. The smallest absolute Gasteiger partial charge is 0.372 e. The lowest BCUT2D eigenvalue weighted by atomic mass is 10.4. The van der Waals surface area contributed by atoms with Crippen molar-refractivity contribution < 1.29 is 13.3 Å². The molecule has 0 saturated heterocycles. The fourth-order valence-electron chi connectivity index (χ4n) is 2.28. The van der Waals surface area contributed by atoms with Crippen LogP contribution in [0, 0.1) is 0 Å². The van der Waals surface area contributed by atoms with Crippen molar-refractivity contribution in [2.24, 2.45) is 0 Å². The summed E-state index contributed by atoms with van der Waals surface area (Å²) in [4.78, 5) is 0. The number of hydrogen-bond acceptors (Lipinski definition) is 3. The Labute approximate surface area is 126 Å². The molecule has 0 aromatic heterocycles. The SMILES string of the molecule is CCO[Si](CC[SiH2]OC(C)C)(OCC)c1ccccc1. The fraction of sp³-hybridized carbons (Fsp3) is 0.600. The van der Waals surface area contributed by atoms with E-state index in [0.717, 1.165) is 12.1 Å². The molecule has 3 nitrogen and oxygen atoms in total. The second kappa shape index (κ2) is 9.47. The van der Waals surface area contributed by atoms with Gasteiger partial charge in [0.2, 0.25) is 0 Å². The third kappa shape index (κ3) is 5.50. The van der Waals surface area contributed by atoms with Crippen molar-refractivity contribution >= 4 is 23.5 Å². The van der Waals surface area contributed by atoms with Crippen LogP contribution < -0.4 is 5.19 Å². The van der Waals surface area contributed by atoms with Crippen LogP contribution >= 0.6 is 0 Å². The van der Waals surface area contributed by atoms with Crippen molar-refractivity contribution in [3.05, 3.63) is 30.3 Å². The molecule has 0 unspecified atom stereocenters. The molecule has 0 heterocycles. The van der Waals surface area contributed by atoms with Crippen LogP contribution in [0.3, 0.4) is 0 Å². The first-order valence-corrected chi connectivity index (χ1v) is 11.2. The minimum Gasteiger partial charge on any atom is -0.422 e. The van der Waals surface area contributed by atoms with E-state index in [1.807, 2.05) is 19.9 Å². The lowest BCUT2D eigenvalue weighted by molar-refractivity contribution is 0.196. The van der Waals surface area contributed by atoms with E-state index in [9.17, 15) is 0 Å². The summed E-state index contributed by atoms with van der Waals surface area (Å²) in [6, 6.07) is 12.6. The third-order valence-corrected chi connectivity index (χ3v) is 9.06. The largest absolute Gasteiger partial charge is 0.422 e. The Bertz CT molecular complexity index is 351. The van der Waals surface area contributed by atoms with E-state index in [1.165, 1.54) is 5.19 Å². The molecule has 20 heavy (non-hydrogen) atoms. The molecule has 1 aromatic rings. The molecule has 0 fully saturated rings. The number of benzene rings is 1. The summed E-state index contributed by atoms with van der Waals surface area (Å²) < 4.78 is 18.1. The molecule has 0 amide bonds. The summed E-state index contributed by atoms with van der Waals surface area (Å²) in [5.41, 5.74) is 0. The molecule has 0 saturated carbocycles. The molecule has 5 heteroatoms.